The lowest BCUT2D eigenvalue weighted by Gasteiger charge is -2.07. The van der Waals surface area contributed by atoms with Gasteiger partial charge in [0.2, 0.25) is 0 Å². The Balaban J connectivity index is 1.40. The Hall–Kier alpha value is -3.20. The Morgan fingerprint density at radius 2 is 1.84 bits per heavy atom. The van der Waals surface area contributed by atoms with E-state index in [2.05, 4.69) is 10.3 Å². The van der Waals surface area contributed by atoms with Gasteiger partial charge in [-0.2, -0.15) is 8.78 Å². The lowest BCUT2D eigenvalue weighted by atomic mass is 10.1. The molecule has 1 amide bonds. The van der Waals surface area contributed by atoms with Crippen molar-refractivity contribution in [3.05, 3.63) is 66.2 Å². The van der Waals surface area contributed by atoms with E-state index in [0.29, 0.717) is 34.0 Å². The topological polar surface area (TPSA) is 81.4 Å². The SMILES string of the molecule is Cc1ccc(-c2cnc(CCC(=O)OCC(=O)Nc3ccc(SC(F)F)cc3)o2)cc1. The second-order valence-corrected chi connectivity index (χ2v) is 7.66. The highest BCUT2D eigenvalue weighted by atomic mass is 32.2. The number of amides is 1. The Bertz CT molecular complexity index is 1020. The highest BCUT2D eigenvalue weighted by Crippen LogP contribution is 2.26. The maximum atomic E-state index is 12.3. The van der Waals surface area contributed by atoms with Gasteiger partial charge in [0, 0.05) is 22.6 Å². The van der Waals surface area contributed by atoms with Crippen LogP contribution >= 0.6 is 11.8 Å². The number of nitrogens with one attached hydrogen (secondary N) is 1. The number of thioether (sulfide) groups is 1. The van der Waals surface area contributed by atoms with E-state index in [0.717, 1.165) is 11.1 Å². The summed E-state index contributed by atoms with van der Waals surface area (Å²) < 4.78 is 35.2. The first-order valence-electron chi connectivity index (χ1n) is 9.41. The van der Waals surface area contributed by atoms with Gasteiger partial charge in [-0.05, 0) is 31.2 Å². The molecule has 1 aromatic heterocycles. The number of anilines is 1. The summed E-state index contributed by atoms with van der Waals surface area (Å²) in [4.78, 5) is 28.3. The number of aryl methyl sites for hydroxylation is 2. The minimum atomic E-state index is -2.51. The highest BCUT2D eigenvalue weighted by Gasteiger charge is 2.12. The number of rotatable bonds is 9. The van der Waals surface area contributed by atoms with E-state index < -0.39 is 24.2 Å². The van der Waals surface area contributed by atoms with Crippen LogP contribution in [0.1, 0.15) is 17.9 Å². The van der Waals surface area contributed by atoms with Crippen molar-refractivity contribution in [2.75, 3.05) is 11.9 Å². The van der Waals surface area contributed by atoms with Crippen molar-refractivity contribution in [3.63, 3.8) is 0 Å². The van der Waals surface area contributed by atoms with E-state index in [-0.39, 0.29) is 12.8 Å². The van der Waals surface area contributed by atoms with Gasteiger partial charge in [-0.15, -0.1) is 0 Å². The molecule has 0 aliphatic rings. The molecule has 9 heteroatoms. The lowest BCUT2D eigenvalue weighted by molar-refractivity contribution is -0.147. The minimum Gasteiger partial charge on any atom is -0.456 e. The van der Waals surface area contributed by atoms with Gasteiger partial charge in [-0.3, -0.25) is 9.59 Å². The number of carbonyl (C=O) groups is 2. The molecule has 6 nitrogen and oxygen atoms in total. The number of aromatic nitrogens is 1. The maximum Gasteiger partial charge on any atom is 0.306 e. The van der Waals surface area contributed by atoms with Gasteiger partial charge < -0.3 is 14.5 Å². The summed E-state index contributed by atoms with van der Waals surface area (Å²) in [7, 11) is 0. The molecule has 0 saturated heterocycles. The van der Waals surface area contributed by atoms with Crippen LogP contribution in [0.25, 0.3) is 11.3 Å². The number of nitrogens with zero attached hydrogens (tertiary/aromatic N) is 1. The van der Waals surface area contributed by atoms with E-state index in [1.165, 1.54) is 24.3 Å². The van der Waals surface area contributed by atoms with Crippen LogP contribution in [-0.4, -0.2) is 29.2 Å². The molecule has 0 fully saturated rings. The van der Waals surface area contributed by atoms with Crippen LogP contribution in [0.4, 0.5) is 14.5 Å². The lowest BCUT2D eigenvalue weighted by Crippen LogP contribution is -2.21. The van der Waals surface area contributed by atoms with Crippen LogP contribution in [0.5, 0.6) is 0 Å². The van der Waals surface area contributed by atoms with E-state index in [1.807, 2.05) is 31.2 Å². The van der Waals surface area contributed by atoms with Crippen molar-refractivity contribution in [3.8, 4) is 11.3 Å². The van der Waals surface area contributed by atoms with Gasteiger partial charge >= 0.3 is 5.97 Å². The molecule has 0 atom stereocenters. The van der Waals surface area contributed by atoms with Crippen molar-refractivity contribution < 1.29 is 27.5 Å². The average molecular weight is 446 g/mol. The summed E-state index contributed by atoms with van der Waals surface area (Å²) in [6.07, 6.45) is 1.86. The third kappa shape index (κ3) is 7.21. The van der Waals surface area contributed by atoms with Crippen LogP contribution in [-0.2, 0) is 20.7 Å². The number of hydrogen-bond donors (Lipinski definition) is 1. The molecule has 1 heterocycles. The van der Waals surface area contributed by atoms with E-state index in [9.17, 15) is 18.4 Å². The molecule has 0 bridgehead atoms. The van der Waals surface area contributed by atoms with Crippen molar-refractivity contribution in [1.82, 2.24) is 4.98 Å². The standard InChI is InChI=1S/C22H20F2N2O4S/c1-14-2-4-15(5-3-14)18-12-25-20(30-18)10-11-21(28)29-13-19(27)26-16-6-8-17(9-7-16)31-22(23)24/h2-9,12,22H,10-11,13H2,1H3,(H,26,27). The average Bonchev–Trinajstić information content (AvgIpc) is 3.21. The predicted octanol–water partition coefficient (Wildman–Crippen LogP) is 5.08. The summed E-state index contributed by atoms with van der Waals surface area (Å²) in [6.45, 7) is 1.54. The molecule has 0 spiro atoms. The molecule has 162 valence electrons. The molecule has 3 aromatic rings. The third-order valence-corrected chi connectivity index (χ3v) is 4.88. The first kappa shape index (κ1) is 22.5. The van der Waals surface area contributed by atoms with Crippen LogP contribution in [0, 0.1) is 6.92 Å². The van der Waals surface area contributed by atoms with Crippen molar-refractivity contribution in [2.24, 2.45) is 0 Å². The van der Waals surface area contributed by atoms with Gasteiger partial charge in [-0.25, -0.2) is 4.98 Å². The monoisotopic (exact) mass is 446 g/mol. The Morgan fingerprint density at radius 3 is 2.52 bits per heavy atom. The molecule has 0 radical (unpaired) electrons. The molecule has 0 unspecified atom stereocenters. The number of oxazole rings is 1. The second-order valence-electron chi connectivity index (χ2n) is 6.60. The zero-order valence-electron chi connectivity index (χ0n) is 16.6. The number of hydrogen-bond acceptors (Lipinski definition) is 6. The summed E-state index contributed by atoms with van der Waals surface area (Å²) in [5.74, 6) is -2.58. The maximum absolute atomic E-state index is 12.3. The largest absolute Gasteiger partial charge is 0.456 e. The molecule has 3 rings (SSSR count). The van der Waals surface area contributed by atoms with E-state index >= 15 is 0 Å². The van der Waals surface area contributed by atoms with Crippen molar-refractivity contribution >= 4 is 29.3 Å². The smallest absolute Gasteiger partial charge is 0.306 e. The van der Waals surface area contributed by atoms with Gasteiger partial charge in [0.15, 0.2) is 18.3 Å². The summed E-state index contributed by atoms with van der Waals surface area (Å²) in [5.41, 5.74) is 2.45. The van der Waals surface area contributed by atoms with Gasteiger partial charge in [0.1, 0.15) is 0 Å². The molecular formula is C22H20F2N2O4S. The first-order chi connectivity index (χ1) is 14.9. The summed E-state index contributed by atoms with van der Waals surface area (Å²) in [5, 5.41) is 2.53. The molecular weight excluding hydrogens is 426 g/mol. The summed E-state index contributed by atoms with van der Waals surface area (Å²) >= 11 is 0.416. The molecule has 2 aromatic carbocycles. The van der Waals surface area contributed by atoms with E-state index in [1.54, 1.807) is 6.20 Å². The van der Waals surface area contributed by atoms with Crippen molar-refractivity contribution in [2.45, 2.75) is 30.4 Å². The Labute approximate surface area is 182 Å². The minimum absolute atomic E-state index is 0.0146. The van der Waals surface area contributed by atoms with Crippen LogP contribution < -0.4 is 5.32 Å². The molecule has 0 saturated carbocycles. The quantitative estimate of drug-likeness (QED) is 0.365. The zero-order chi connectivity index (χ0) is 22.2. The third-order valence-electron chi connectivity index (χ3n) is 4.16. The number of benzene rings is 2. The zero-order valence-corrected chi connectivity index (χ0v) is 17.5. The number of ether oxygens (including phenoxy) is 1. The number of carbonyl (C=O) groups excluding carboxylic acids is 2. The molecule has 0 aliphatic heterocycles. The molecule has 1 N–H and O–H groups in total. The Kier molecular flexibility index (Phi) is 7.77. The molecule has 31 heavy (non-hydrogen) atoms. The number of alkyl halides is 2. The number of halogens is 2. The highest BCUT2D eigenvalue weighted by molar-refractivity contribution is 7.99. The second kappa shape index (κ2) is 10.7. The fourth-order valence-corrected chi connectivity index (χ4v) is 3.12. The molecule has 0 aliphatic carbocycles. The Morgan fingerprint density at radius 1 is 1.13 bits per heavy atom. The van der Waals surface area contributed by atoms with Crippen molar-refractivity contribution in [1.29, 1.82) is 0 Å². The van der Waals surface area contributed by atoms with Crippen LogP contribution in [0.15, 0.2) is 64.0 Å². The summed E-state index contributed by atoms with van der Waals surface area (Å²) in [6, 6.07) is 13.7. The fourth-order valence-electron chi connectivity index (χ4n) is 2.62. The normalized spacial score (nSPS) is 10.8. The van der Waals surface area contributed by atoms with Gasteiger partial charge in [-0.1, -0.05) is 41.6 Å². The fraction of sp³-hybridized carbons (Fsp3) is 0.227. The van der Waals surface area contributed by atoms with Gasteiger partial charge in [0.05, 0.1) is 12.6 Å². The van der Waals surface area contributed by atoms with Crippen LogP contribution in [0.2, 0.25) is 0 Å². The van der Waals surface area contributed by atoms with Gasteiger partial charge in [0.25, 0.3) is 11.7 Å². The first-order valence-corrected chi connectivity index (χ1v) is 10.3. The van der Waals surface area contributed by atoms with E-state index in [4.69, 9.17) is 9.15 Å². The number of esters is 1. The van der Waals surface area contributed by atoms with Crippen LogP contribution in [0.3, 0.4) is 0 Å². The predicted molar refractivity (Wildman–Crippen MR) is 113 cm³/mol.